The van der Waals surface area contributed by atoms with Crippen molar-refractivity contribution in [3.8, 4) is 11.5 Å². The summed E-state index contributed by atoms with van der Waals surface area (Å²) in [7, 11) is 2.84. The van der Waals surface area contributed by atoms with Crippen molar-refractivity contribution in [2.75, 3.05) is 14.2 Å². The molecule has 2 aromatic rings. The lowest BCUT2D eigenvalue weighted by Gasteiger charge is -2.15. The second kappa shape index (κ2) is 6.44. The van der Waals surface area contributed by atoms with Crippen LogP contribution in [0.5, 0.6) is 11.5 Å². The second-order valence-electron chi connectivity index (χ2n) is 4.84. The first kappa shape index (κ1) is 15.8. The number of methoxy groups -OCH3 is 2. The number of aryl methyl sites for hydroxylation is 1. The average molecular weight is 303 g/mol. The standard InChI is InChI=1S/C16H17NO5/c1-10-4-6-11(7-5-10)16(18)12-8-14(21-2)15(22-3)9-13(12)17(19)20/h4-9,16,18H,1-3H3/t16-/m1/s1. The highest BCUT2D eigenvalue weighted by molar-refractivity contribution is 5.56. The topological polar surface area (TPSA) is 81.8 Å². The quantitative estimate of drug-likeness (QED) is 0.678. The Labute approximate surface area is 128 Å². The number of aliphatic hydroxyl groups is 1. The van der Waals surface area contributed by atoms with Crippen LogP contribution in [0.4, 0.5) is 5.69 Å². The van der Waals surface area contributed by atoms with Gasteiger partial charge in [0.25, 0.3) is 5.69 Å². The van der Waals surface area contributed by atoms with Gasteiger partial charge in [-0.2, -0.15) is 0 Å². The monoisotopic (exact) mass is 303 g/mol. The lowest BCUT2D eigenvalue weighted by molar-refractivity contribution is -0.386. The molecule has 2 rings (SSSR count). The zero-order chi connectivity index (χ0) is 16.3. The molecule has 0 radical (unpaired) electrons. The predicted molar refractivity (Wildman–Crippen MR) is 81.4 cm³/mol. The van der Waals surface area contributed by atoms with Gasteiger partial charge >= 0.3 is 0 Å². The minimum atomic E-state index is -1.12. The van der Waals surface area contributed by atoms with Crippen LogP contribution in [0.2, 0.25) is 0 Å². The molecule has 0 aliphatic heterocycles. The predicted octanol–water partition coefficient (Wildman–Crippen LogP) is 3.00. The summed E-state index contributed by atoms with van der Waals surface area (Å²) < 4.78 is 10.2. The summed E-state index contributed by atoms with van der Waals surface area (Å²) in [5.41, 5.74) is 1.55. The molecule has 1 N–H and O–H groups in total. The molecule has 0 saturated heterocycles. The fourth-order valence-corrected chi connectivity index (χ4v) is 2.19. The van der Waals surface area contributed by atoms with E-state index in [1.807, 2.05) is 19.1 Å². The number of rotatable bonds is 5. The van der Waals surface area contributed by atoms with E-state index in [0.717, 1.165) is 5.56 Å². The van der Waals surface area contributed by atoms with E-state index in [1.54, 1.807) is 12.1 Å². The van der Waals surface area contributed by atoms with Gasteiger partial charge in [0.15, 0.2) is 11.5 Å². The summed E-state index contributed by atoms with van der Waals surface area (Å²) in [5, 5.41) is 21.8. The molecule has 0 bridgehead atoms. The molecule has 0 aromatic heterocycles. The number of nitro groups is 1. The average Bonchev–Trinajstić information content (AvgIpc) is 2.53. The molecular formula is C16H17NO5. The van der Waals surface area contributed by atoms with Crippen LogP contribution < -0.4 is 9.47 Å². The fraction of sp³-hybridized carbons (Fsp3) is 0.250. The number of hydrogen-bond donors (Lipinski definition) is 1. The largest absolute Gasteiger partial charge is 0.493 e. The summed E-state index contributed by atoms with van der Waals surface area (Å²) in [6.07, 6.45) is -1.12. The molecule has 0 saturated carbocycles. The lowest BCUT2D eigenvalue weighted by Crippen LogP contribution is -2.05. The molecule has 0 aliphatic rings. The van der Waals surface area contributed by atoms with Gasteiger partial charge in [0, 0.05) is 0 Å². The lowest BCUT2D eigenvalue weighted by atomic mass is 9.98. The highest BCUT2D eigenvalue weighted by Crippen LogP contribution is 2.39. The molecule has 0 unspecified atom stereocenters. The van der Waals surface area contributed by atoms with Crippen molar-refractivity contribution < 1.29 is 19.5 Å². The van der Waals surface area contributed by atoms with Crippen molar-refractivity contribution in [3.05, 3.63) is 63.2 Å². The van der Waals surface area contributed by atoms with Crippen LogP contribution in [0, 0.1) is 17.0 Å². The molecule has 0 spiro atoms. The minimum absolute atomic E-state index is 0.159. The number of nitro benzene ring substituents is 1. The molecule has 22 heavy (non-hydrogen) atoms. The van der Waals surface area contributed by atoms with Crippen LogP contribution in [-0.2, 0) is 0 Å². The van der Waals surface area contributed by atoms with Gasteiger partial charge in [0.2, 0.25) is 0 Å². The van der Waals surface area contributed by atoms with E-state index in [0.29, 0.717) is 11.3 Å². The third kappa shape index (κ3) is 3.01. The van der Waals surface area contributed by atoms with Crippen molar-refractivity contribution >= 4 is 5.69 Å². The zero-order valence-corrected chi connectivity index (χ0v) is 12.6. The smallest absolute Gasteiger partial charge is 0.279 e. The molecule has 6 nitrogen and oxygen atoms in total. The third-order valence-electron chi connectivity index (χ3n) is 3.42. The van der Waals surface area contributed by atoms with Crippen LogP contribution >= 0.6 is 0 Å². The first-order chi connectivity index (χ1) is 10.5. The minimum Gasteiger partial charge on any atom is -0.493 e. The normalized spacial score (nSPS) is 11.8. The fourth-order valence-electron chi connectivity index (χ4n) is 2.19. The van der Waals surface area contributed by atoms with Crippen molar-refractivity contribution in [3.63, 3.8) is 0 Å². The van der Waals surface area contributed by atoms with Crippen LogP contribution in [0.1, 0.15) is 22.8 Å². The van der Waals surface area contributed by atoms with E-state index in [1.165, 1.54) is 26.4 Å². The van der Waals surface area contributed by atoms with Crippen LogP contribution in [0.25, 0.3) is 0 Å². The maximum Gasteiger partial charge on any atom is 0.279 e. The maximum absolute atomic E-state index is 11.3. The molecule has 2 aromatic carbocycles. The van der Waals surface area contributed by atoms with Crippen LogP contribution in [-0.4, -0.2) is 24.2 Å². The van der Waals surface area contributed by atoms with Gasteiger partial charge in [-0.05, 0) is 18.6 Å². The van der Waals surface area contributed by atoms with E-state index < -0.39 is 11.0 Å². The van der Waals surface area contributed by atoms with Crippen LogP contribution in [0.3, 0.4) is 0 Å². The first-order valence-electron chi connectivity index (χ1n) is 6.63. The molecule has 0 amide bonds. The van der Waals surface area contributed by atoms with Gasteiger partial charge in [-0.25, -0.2) is 0 Å². The summed E-state index contributed by atoms with van der Waals surface area (Å²) in [6.45, 7) is 1.93. The SMILES string of the molecule is COc1cc([C@H](O)c2ccc(C)cc2)c([N+](=O)[O-])cc1OC. The Morgan fingerprint density at radius 2 is 1.64 bits per heavy atom. The molecule has 1 atom stereocenters. The van der Waals surface area contributed by atoms with E-state index >= 15 is 0 Å². The van der Waals surface area contributed by atoms with Crippen molar-refractivity contribution in [1.29, 1.82) is 0 Å². The summed E-state index contributed by atoms with van der Waals surface area (Å²) in [6, 6.07) is 9.84. The van der Waals surface area contributed by atoms with Gasteiger partial charge in [-0.3, -0.25) is 10.1 Å². The molecule has 0 heterocycles. The molecule has 116 valence electrons. The Morgan fingerprint density at radius 1 is 1.09 bits per heavy atom. The summed E-state index contributed by atoms with van der Waals surface area (Å²) in [5.74, 6) is 0.573. The summed E-state index contributed by atoms with van der Waals surface area (Å²) >= 11 is 0. The van der Waals surface area contributed by atoms with Gasteiger partial charge in [-0.1, -0.05) is 29.8 Å². The Morgan fingerprint density at radius 3 is 2.14 bits per heavy atom. The van der Waals surface area contributed by atoms with Gasteiger partial charge in [0.1, 0.15) is 6.10 Å². The number of hydrogen-bond acceptors (Lipinski definition) is 5. The second-order valence-corrected chi connectivity index (χ2v) is 4.84. The van der Waals surface area contributed by atoms with Crippen molar-refractivity contribution in [2.45, 2.75) is 13.0 Å². The van der Waals surface area contributed by atoms with Crippen molar-refractivity contribution in [2.24, 2.45) is 0 Å². The Bertz CT molecular complexity index is 682. The number of aliphatic hydroxyl groups excluding tert-OH is 1. The van der Waals surface area contributed by atoms with Gasteiger partial charge in [-0.15, -0.1) is 0 Å². The molecule has 0 aliphatic carbocycles. The molecular weight excluding hydrogens is 286 g/mol. The molecule has 0 fully saturated rings. The van der Waals surface area contributed by atoms with E-state index in [4.69, 9.17) is 9.47 Å². The Balaban J connectivity index is 2.56. The van der Waals surface area contributed by atoms with Crippen LogP contribution in [0.15, 0.2) is 36.4 Å². The Hall–Kier alpha value is -2.60. The van der Waals surface area contributed by atoms with Crippen molar-refractivity contribution in [1.82, 2.24) is 0 Å². The Kier molecular flexibility index (Phi) is 4.62. The summed E-state index contributed by atoms with van der Waals surface area (Å²) in [4.78, 5) is 10.7. The third-order valence-corrected chi connectivity index (χ3v) is 3.42. The first-order valence-corrected chi connectivity index (χ1v) is 6.63. The van der Waals surface area contributed by atoms with E-state index in [-0.39, 0.29) is 17.0 Å². The number of benzene rings is 2. The highest BCUT2D eigenvalue weighted by atomic mass is 16.6. The number of nitrogens with zero attached hydrogens (tertiary/aromatic N) is 1. The van der Waals surface area contributed by atoms with E-state index in [9.17, 15) is 15.2 Å². The zero-order valence-electron chi connectivity index (χ0n) is 12.6. The maximum atomic E-state index is 11.3. The van der Waals surface area contributed by atoms with Gasteiger partial charge in [0.05, 0.1) is 30.8 Å². The van der Waals surface area contributed by atoms with Gasteiger partial charge < -0.3 is 14.6 Å². The number of ether oxygens (including phenoxy) is 2. The van der Waals surface area contributed by atoms with E-state index in [2.05, 4.69) is 0 Å². The highest BCUT2D eigenvalue weighted by Gasteiger charge is 2.25. The molecule has 6 heteroatoms.